The SMILES string of the molecule is COc1ccccc1CNC(=O)[C@@]1(C)Cn2c(cc3ccccc32)C(=O)N1Cc1ccccc1OC. The van der Waals surface area contributed by atoms with Crippen LogP contribution < -0.4 is 14.8 Å². The van der Waals surface area contributed by atoms with Gasteiger partial charge in [0.25, 0.3) is 5.91 Å². The van der Waals surface area contributed by atoms with E-state index in [1.807, 2.05) is 90.4 Å². The van der Waals surface area contributed by atoms with E-state index in [-0.39, 0.29) is 24.9 Å². The number of ether oxygens (including phenoxy) is 2. The minimum Gasteiger partial charge on any atom is -0.496 e. The topological polar surface area (TPSA) is 72.8 Å². The molecule has 7 nitrogen and oxygen atoms in total. The fourth-order valence-corrected chi connectivity index (χ4v) is 4.97. The Morgan fingerprint density at radius 3 is 2.25 bits per heavy atom. The van der Waals surface area contributed by atoms with E-state index in [1.54, 1.807) is 19.1 Å². The number of nitrogens with zero attached hydrogens (tertiary/aromatic N) is 2. The van der Waals surface area contributed by atoms with Gasteiger partial charge in [-0.1, -0.05) is 54.6 Å². The number of carbonyl (C=O) groups is 2. The zero-order valence-electron chi connectivity index (χ0n) is 20.7. The Balaban J connectivity index is 1.54. The van der Waals surface area contributed by atoms with Crippen LogP contribution in [-0.4, -0.2) is 41.0 Å². The van der Waals surface area contributed by atoms with Crippen LogP contribution in [0.4, 0.5) is 0 Å². The third kappa shape index (κ3) is 3.96. The Labute approximate surface area is 210 Å². The van der Waals surface area contributed by atoms with Gasteiger partial charge < -0.3 is 24.3 Å². The van der Waals surface area contributed by atoms with Crippen molar-refractivity contribution >= 4 is 22.7 Å². The monoisotopic (exact) mass is 483 g/mol. The number of carbonyl (C=O) groups excluding carboxylic acids is 2. The molecule has 36 heavy (non-hydrogen) atoms. The third-order valence-corrected chi connectivity index (χ3v) is 6.98. The Bertz CT molecular complexity index is 1440. The Hall–Kier alpha value is -4.26. The van der Waals surface area contributed by atoms with Gasteiger partial charge in [-0.3, -0.25) is 9.59 Å². The second-order valence-electron chi connectivity index (χ2n) is 9.15. The van der Waals surface area contributed by atoms with E-state index in [2.05, 4.69) is 5.32 Å². The number of nitrogens with one attached hydrogen (secondary N) is 1. The van der Waals surface area contributed by atoms with E-state index in [9.17, 15) is 9.59 Å². The normalized spacial score (nSPS) is 17.1. The molecule has 3 aromatic carbocycles. The lowest BCUT2D eigenvalue weighted by Gasteiger charge is -2.44. The number of amides is 2. The van der Waals surface area contributed by atoms with Gasteiger partial charge in [-0.25, -0.2) is 0 Å². The molecule has 5 rings (SSSR count). The number of para-hydroxylation sites is 3. The summed E-state index contributed by atoms with van der Waals surface area (Å²) in [5, 5.41) is 4.03. The average Bonchev–Trinajstić information content (AvgIpc) is 3.28. The van der Waals surface area contributed by atoms with Crippen molar-refractivity contribution in [2.75, 3.05) is 14.2 Å². The van der Waals surface area contributed by atoms with Crippen molar-refractivity contribution in [3.8, 4) is 11.5 Å². The highest BCUT2D eigenvalue weighted by Gasteiger charge is 2.47. The highest BCUT2D eigenvalue weighted by atomic mass is 16.5. The van der Waals surface area contributed by atoms with Gasteiger partial charge in [-0.05, 0) is 31.2 Å². The van der Waals surface area contributed by atoms with Crippen LogP contribution in [-0.2, 0) is 24.4 Å². The summed E-state index contributed by atoms with van der Waals surface area (Å²) in [6, 6.07) is 24.9. The lowest BCUT2D eigenvalue weighted by atomic mass is 9.93. The predicted octanol–water partition coefficient (Wildman–Crippen LogP) is 4.39. The molecule has 2 amide bonds. The van der Waals surface area contributed by atoms with Crippen molar-refractivity contribution in [1.29, 1.82) is 0 Å². The van der Waals surface area contributed by atoms with E-state index >= 15 is 0 Å². The van der Waals surface area contributed by atoms with Gasteiger partial charge in [0.15, 0.2) is 0 Å². The summed E-state index contributed by atoms with van der Waals surface area (Å²) < 4.78 is 12.9. The van der Waals surface area contributed by atoms with Crippen molar-refractivity contribution < 1.29 is 19.1 Å². The first-order valence-corrected chi connectivity index (χ1v) is 11.9. The molecule has 184 valence electrons. The van der Waals surface area contributed by atoms with Gasteiger partial charge in [-0.15, -0.1) is 0 Å². The minimum absolute atomic E-state index is 0.196. The maximum absolute atomic E-state index is 13.9. The molecule has 0 radical (unpaired) electrons. The van der Waals surface area contributed by atoms with Crippen LogP contribution in [0, 0.1) is 0 Å². The predicted molar refractivity (Wildman–Crippen MR) is 138 cm³/mol. The highest BCUT2D eigenvalue weighted by Crippen LogP contribution is 2.35. The molecule has 1 aromatic heterocycles. The van der Waals surface area contributed by atoms with E-state index < -0.39 is 5.54 Å². The van der Waals surface area contributed by atoms with Crippen LogP contribution in [0.1, 0.15) is 28.5 Å². The lowest BCUT2D eigenvalue weighted by molar-refractivity contribution is -0.133. The maximum atomic E-state index is 13.9. The molecule has 0 saturated heterocycles. The van der Waals surface area contributed by atoms with Crippen LogP contribution >= 0.6 is 0 Å². The summed E-state index contributed by atoms with van der Waals surface area (Å²) >= 11 is 0. The Morgan fingerprint density at radius 1 is 0.917 bits per heavy atom. The largest absolute Gasteiger partial charge is 0.496 e. The van der Waals surface area contributed by atoms with Crippen molar-refractivity contribution in [3.05, 3.63) is 95.7 Å². The number of aromatic nitrogens is 1. The molecular weight excluding hydrogens is 454 g/mol. The average molecular weight is 484 g/mol. The number of methoxy groups -OCH3 is 2. The summed E-state index contributed by atoms with van der Waals surface area (Å²) in [6.07, 6.45) is 0. The number of hydrogen-bond donors (Lipinski definition) is 1. The molecule has 0 fully saturated rings. The Kier molecular flexibility index (Phi) is 6.14. The molecule has 0 saturated carbocycles. The second kappa shape index (κ2) is 9.41. The smallest absolute Gasteiger partial charge is 0.271 e. The summed E-state index contributed by atoms with van der Waals surface area (Å²) in [5.74, 6) is 0.943. The number of rotatable bonds is 7. The molecule has 1 N–H and O–H groups in total. The third-order valence-electron chi connectivity index (χ3n) is 6.98. The van der Waals surface area contributed by atoms with Gasteiger partial charge in [0, 0.05) is 28.6 Å². The molecule has 4 aromatic rings. The zero-order chi connectivity index (χ0) is 25.3. The standard InChI is InChI=1S/C29H29N3O4/c1-29(28(34)30-17-21-11-5-8-14-25(21)35-2)19-31-23-13-7-4-10-20(23)16-24(31)27(33)32(29)18-22-12-6-9-15-26(22)36-3/h4-16H,17-19H2,1-3H3,(H,30,34)/t29-/m1/s1. The molecule has 0 spiro atoms. The number of hydrogen-bond acceptors (Lipinski definition) is 4. The first-order valence-electron chi connectivity index (χ1n) is 11.9. The molecule has 1 aliphatic rings. The van der Waals surface area contributed by atoms with Crippen LogP contribution in [0.5, 0.6) is 11.5 Å². The van der Waals surface area contributed by atoms with Gasteiger partial charge in [0.1, 0.15) is 22.7 Å². The van der Waals surface area contributed by atoms with Crippen LogP contribution in [0.3, 0.4) is 0 Å². The van der Waals surface area contributed by atoms with Crippen LogP contribution in [0.25, 0.3) is 10.9 Å². The quantitative estimate of drug-likeness (QED) is 0.423. The van der Waals surface area contributed by atoms with Crippen molar-refractivity contribution in [2.24, 2.45) is 0 Å². The van der Waals surface area contributed by atoms with E-state index in [0.717, 1.165) is 22.0 Å². The molecule has 2 heterocycles. The summed E-state index contributed by atoms with van der Waals surface area (Å²) in [7, 11) is 3.21. The van der Waals surface area contributed by atoms with Gasteiger partial charge >= 0.3 is 0 Å². The Morgan fingerprint density at radius 2 is 1.53 bits per heavy atom. The van der Waals surface area contributed by atoms with E-state index in [1.165, 1.54) is 0 Å². The van der Waals surface area contributed by atoms with Crippen molar-refractivity contribution in [3.63, 3.8) is 0 Å². The second-order valence-corrected chi connectivity index (χ2v) is 9.15. The summed E-state index contributed by atoms with van der Waals surface area (Å²) in [4.78, 5) is 29.5. The molecule has 1 atom stereocenters. The first-order chi connectivity index (χ1) is 17.5. The van der Waals surface area contributed by atoms with Crippen molar-refractivity contribution in [1.82, 2.24) is 14.8 Å². The highest BCUT2D eigenvalue weighted by molar-refractivity contribution is 6.03. The van der Waals surface area contributed by atoms with E-state index in [4.69, 9.17) is 9.47 Å². The molecule has 0 aliphatic carbocycles. The van der Waals surface area contributed by atoms with Crippen molar-refractivity contribution in [2.45, 2.75) is 32.1 Å². The first kappa shape index (κ1) is 23.5. The number of fused-ring (bicyclic) bond motifs is 3. The van der Waals surface area contributed by atoms with Crippen LogP contribution in [0.2, 0.25) is 0 Å². The fraction of sp³-hybridized carbons (Fsp3) is 0.241. The summed E-state index contributed by atoms with van der Waals surface area (Å²) in [6.45, 7) is 2.68. The molecule has 1 aliphatic heterocycles. The van der Waals surface area contributed by atoms with Gasteiger partial charge in [-0.2, -0.15) is 0 Å². The van der Waals surface area contributed by atoms with Crippen LogP contribution in [0.15, 0.2) is 78.9 Å². The van der Waals surface area contributed by atoms with Gasteiger partial charge in [0.05, 0.1) is 27.3 Å². The maximum Gasteiger partial charge on any atom is 0.271 e. The molecular formula is C29H29N3O4. The zero-order valence-corrected chi connectivity index (χ0v) is 20.7. The molecule has 7 heteroatoms. The molecule has 0 bridgehead atoms. The fourth-order valence-electron chi connectivity index (χ4n) is 4.97. The lowest BCUT2D eigenvalue weighted by Crippen LogP contribution is -2.63. The number of benzene rings is 3. The molecule has 0 unspecified atom stereocenters. The summed E-state index contributed by atoms with van der Waals surface area (Å²) in [5.41, 5.74) is 2.06. The van der Waals surface area contributed by atoms with Gasteiger partial charge in [0.2, 0.25) is 5.91 Å². The minimum atomic E-state index is -1.14. The van der Waals surface area contributed by atoms with E-state index in [0.29, 0.717) is 23.7 Å².